The Morgan fingerprint density at radius 3 is 1.26 bits per heavy atom. The van der Waals surface area contributed by atoms with Crippen LogP contribution in [0.4, 0.5) is 11.4 Å². The molecule has 0 aliphatic rings. The minimum absolute atomic E-state index is 0.0286. The van der Waals surface area contributed by atoms with Crippen LogP contribution < -0.4 is 0 Å². The lowest BCUT2D eigenvalue weighted by Gasteiger charge is -2.01. The van der Waals surface area contributed by atoms with Crippen LogP contribution in [-0.2, 0) is 0 Å². The highest BCUT2D eigenvalue weighted by atomic mass is 16.6. The fourth-order valence-corrected chi connectivity index (χ4v) is 1.58. The molecule has 19 heavy (non-hydrogen) atoms. The van der Waals surface area contributed by atoms with Gasteiger partial charge in [0.15, 0.2) is 0 Å². The lowest BCUT2D eigenvalue weighted by Crippen LogP contribution is -1.90. The molecule has 0 saturated carbocycles. The van der Waals surface area contributed by atoms with Gasteiger partial charge in [-0.25, -0.2) is 0 Å². The van der Waals surface area contributed by atoms with Crippen molar-refractivity contribution in [2.24, 2.45) is 0 Å². The van der Waals surface area contributed by atoms with E-state index in [0.717, 1.165) is 11.1 Å². The molecule has 0 heterocycles. The Hall–Kier alpha value is -2.76. The van der Waals surface area contributed by atoms with Gasteiger partial charge in [-0.05, 0) is 11.1 Å². The van der Waals surface area contributed by atoms with Gasteiger partial charge in [-0.15, -0.1) is 0 Å². The SMILES string of the molecule is O=[N+]([O-])c1ccc([CH]c2ccc([N+](=O)[O-])cc2)cc1. The van der Waals surface area contributed by atoms with Gasteiger partial charge in [-0.1, -0.05) is 24.3 Å². The fourth-order valence-electron chi connectivity index (χ4n) is 1.58. The van der Waals surface area contributed by atoms with Gasteiger partial charge in [0.05, 0.1) is 9.85 Å². The second-order valence-electron chi connectivity index (χ2n) is 3.84. The standard InChI is InChI=1S/C13H9N2O4/c16-14(17)12-5-1-10(2-6-12)9-11-3-7-13(8-4-11)15(18)19/h1-9H. The first-order chi connectivity index (χ1) is 9.06. The first kappa shape index (κ1) is 12.7. The van der Waals surface area contributed by atoms with Crippen molar-refractivity contribution < 1.29 is 9.85 Å². The van der Waals surface area contributed by atoms with E-state index in [9.17, 15) is 20.2 Å². The predicted molar refractivity (Wildman–Crippen MR) is 68.7 cm³/mol. The van der Waals surface area contributed by atoms with Gasteiger partial charge >= 0.3 is 0 Å². The third-order valence-corrected chi connectivity index (χ3v) is 2.54. The topological polar surface area (TPSA) is 86.3 Å². The maximum Gasteiger partial charge on any atom is 0.269 e. The summed E-state index contributed by atoms with van der Waals surface area (Å²) in [6.45, 7) is 0. The average molecular weight is 257 g/mol. The highest BCUT2D eigenvalue weighted by Gasteiger charge is 2.06. The molecule has 0 N–H and O–H groups in total. The Morgan fingerprint density at radius 1 is 0.684 bits per heavy atom. The molecular weight excluding hydrogens is 248 g/mol. The highest BCUT2D eigenvalue weighted by Crippen LogP contribution is 2.18. The third kappa shape index (κ3) is 3.12. The molecule has 0 aliphatic carbocycles. The minimum Gasteiger partial charge on any atom is -0.258 e. The van der Waals surface area contributed by atoms with Crippen molar-refractivity contribution in [3.8, 4) is 0 Å². The minimum atomic E-state index is -0.463. The number of hydrogen-bond donors (Lipinski definition) is 0. The molecule has 0 bridgehead atoms. The normalized spacial score (nSPS) is 10.1. The number of benzene rings is 2. The molecular formula is C13H9N2O4. The van der Waals surface area contributed by atoms with Gasteiger partial charge < -0.3 is 0 Å². The Kier molecular flexibility index (Phi) is 3.51. The third-order valence-electron chi connectivity index (χ3n) is 2.54. The maximum absolute atomic E-state index is 10.5. The molecule has 6 nitrogen and oxygen atoms in total. The summed E-state index contributed by atoms with van der Waals surface area (Å²) in [5.41, 5.74) is 1.64. The quantitative estimate of drug-likeness (QED) is 0.622. The van der Waals surface area contributed by atoms with Crippen LogP contribution in [0.25, 0.3) is 0 Å². The fraction of sp³-hybridized carbons (Fsp3) is 0. The first-order valence-corrected chi connectivity index (χ1v) is 5.40. The van der Waals surface area contributed by atoms with Crippen molar-refractivity contribution in [2.45, 2.75) is 0 Å². The summed E-state index contributed by atoms with van der Waals surface area (Å²) in [4.78, 5) is 20.1. The Morgan fingerprint density at radius 2 is 1.00 bits per heavy atom. The molecule has 0 amide bonds. The van der Waals surface area contributed by atoms with E-state index in [1.807, 2.05) is 0 Å². The van der Waals surface area contributed by atoms with Gasteiger partial charge in [0.1, 0.15) is 0 Å². The van der Waals surface area contributed by atoms with Crippen molar-refractivity contribution in [3.05, 3.63) is 86.3 Å². The van der Waals surface area contributed by atoms with Gasteiger partial charge in [-0.3, -0.25) is 20.2 Å². The number of hydrogen-bond acceptors (Lipinski definition) is 4. The molecule has 6 heteroatoms. The van der Waals surface area contributed by atoms with Gasteiger partial charge in [-0.2, -0.15) is 0 Å². The van der Waals surface area contributed by atoms with E-state index >= 15 is 0 Å². The monoisotopic (exact) mass is 257 g/mol. The summed E-state index contributed by atoms with van der Waals surface area (Å²) in [5, 5.41) is 21.0. The van der Waals surface area contributed by atoms with Crippen LogP contribution in [0.1, 0.15) is 11.1 Å². The molecule has 0 saturated heterocycles. The zero-order chi connectivity index (χ0) is 13.8. The molecule has 1 radical (unpaired) electrons. The molecule has 2 aromatic rings. The molecule has 0 aliphatic heterocycles. The Balaban J connectivity index is 2.12. The Labute approximate surface area is 108 Å². The van der Waals surface area contributed by atoms with E-state index in [-0.39, 0.29) is 11.4 Å². The molecule has 95 valence electrons. The average Bonchev–Trinajstić information content (AvgIpc) is 2.40. The first-order valence-electron chi connectivity index (χ1n) is 5.40. The van der Waals surface area contributed by atoms with Crippen LogP contribution in [-0.4, -0.2) is 9.85 Å². The largest absolute Gasteiger partial charge is 0.269 e. The number of nitro benzene ring substituents is 2. The maximum atomic E-state index is 10.5. The van der Waals surface area contributed by atoms with Crippen molar-refractivity contribution in [1.82, 2.24) is 0 Å². The van der Waals surface area contributed by atoms with Gasteiger partial charge in [0, 0.05) is 30.7 Å². The zero-order valence-corrected chi connectivity index (χ0v) is 9.72. The van der Waals surface area contributed by atoms with E-state index in [1.54, 1.807) is 30.7 Å². The van der Waals surface area contributed by atoms with Crippen LogP contribution >= 0.6 is 0 Å². The summed E-state index contributed by atoms with van der Waals surface area (Å²) in [7, 11) is 0. The van der Waals surface area contributed by atoms with Gasteiger partial charge in [0.2, 0.25) is 0 Å². The molecule has 2 aromatic carbocycles. The molecule has 2 rings (SSSR count). The number of non-ortho nitro benzene ring substituents is 2. The van der Waals surface area contributed by atoms with E-state index < -0.39 is 9.85 Å². The predicted octanol–water partition coefficient (Wildman–Crippen LogP) is 3.10. The molecule has 0 atom stereocenters. The van der Waals surface area contributed by atoms with Crippen molar-refractivity contribution in [1.29, 1.82) is 0 Å². The second-order valence-corrected chi connectivity index (χ2v) is 3.84. The van der Waals surface area contributed by atoms with Crippen LogP contribution in [0.3, 0.4) is 0 Å². The van der Waals surface area contributed by atoms with Crippen LogP contribution in [0, 0.1) is 26.6 Å². The summed E-state index contributed by atoms with van der Waals surface area (Å²) in [5.74, 6) is 0. The molecule has 0 spiro atoms. The summed E-state index contributed by atoms with van der Waals surface area (Å²) in [6.07, 6.45) is 1.79. The van der Waals surface area contributed by atoms with Crippen molar-refractivity contribution in [2.75, 3.05) is 0 Å². The second kappa shape index (κ2) is 5.26. The zero-order valence-electron chi connectivity index (χ0n) is 9.72. The smallest absolute Gasteiger partial charge is 0.258 e. The van der Waals surface area contributed by atoms with Gasteiger partial charge in [0.25, 0.3) is 11.4 Å². The van der Waals surface area contributed by atoms with E-state index in [0.29, 0.717) is 0 Å². The van der Waals surface area contributed by atoms with Crippen LogP contribution in [0.15, 0.2) is 48.5 Å². The van der Waals surface area contributed by atoms with E-state index in [1.165, 1.54) is 24.3 Å². The van der Waals surface area contributed by atoms with Crippen molar-refractivity contribution >= 4 is 11.4 Å². The molecule has 0 aromatic heterocycles. The van der Waals surface area contributed by atoms with Crippen LogP contribution in [0.2, 0.25) is 0 Å². The van der Waals surface area contributed by atoms with Crippen molar-refractivity contribution in [3.63, 3.8) is 0 Å². The lowest BCUT2D eigenvalue weighted by atomic mass is 10.0. The van der Waals surface area contributed by atoms with E-state index in [4.69, 9.17) is 0 Å². The summed E-state index contributed by atoms with van der Waals surface area (Å²) >= 11 is 0. The summed E-state index contributed by atoms with van der Waals surface area (Å²) in [6, 6.07) is 12.2. The highest BCUT2D eigenvalue weighted by molar-refractivity contribution is 5.44. The number of rotatable bonds is 4. The number of nitrogens with zero attached hydrogens (tertiary/aromatic N) is 2. The van der Waals surface area contributed by atoms with Crippen LogP contribution in [0.5, 0.6) is 0 Å². The number of nitro groups is 2. The molecule has 0 fully saturated rings. The van der Waals surface area contributed by atoms with E-state index in [2.05, 4.69) is 0 Å². The lowest BCUT2D eigenvalue weighted by molar-refractivity contribution is -0.385. The Bertz CT molecular complexity index is 550. The molecule has 0 unspecified atom stereocenters. The summed E-state index contributed by atoms with van der Waals surface area (Å²) < 4.78 is 0.